The number of hydrogen-bond donors (Lipinski definition) is 1. The number of hydrogen-bond acceptors (Lipinski definition) is 6. The van der Waals surface area contributed by atoms with Crippen molar-refractivity contribution in [3.8, 4) is 10.6 Å². The Balaban J connectivity index is 1.33. The van der Waals surface area contributed by atoms with E-state index in [4.69, 9.17) is 0 Å². The number of carbonyl (C=O) groups is 2. The molecule has 4 rings (SSSR count). The van der Waals surface area contributed by atoms with Crippen LogP contribution in [-0.2, 0) is 0 Å². The molecule has 3 aromatic heterocycles. The van der Waals surface area contributed by atoms with E-state index in [1.807, 2.05) is 35.0 Å². The summed E-state index contributed by atoms with van der Waals surface area (Å²) in [4.78, 5) is 30.6. The number of nitrogens with zero attached hydrogens (tertiary/aromatic N) is 3. The average Bonchev–Trinajstić information content (AvgIpc) is 3.43. The molecule has 26 heavy (non-hydrogen) atoms. The number of amides is 1. The summed E-state index contributed by atoms with van der Waals surface area (Å²) in [5.74, 6) is 0.0842. The van der Waals surface area contributed by atoms with Crippen molar-refractivity contribution >= 4 is 34.4 Å². The fourth-order valence-electron chi connectivity index (χ4n) is 2.98. The summed E-state index contributed by atoms with van der Waals surface area (Å²) in [7, 11) is 0. The van der Waals surface area contributed by atoms with Crippen molar-refractivity contribution in [1.82, 2.24) is 20.0 Å². The van der Waals surface area contributed by atoms with Gasteiger partial charge in [0.15, 0.2) is 11.5 Å². The van der Waals surface area contributed by atoms with Crippen LogP contribution in [0.1, 0.15) is 20.2 Å². The molecular formula is C18H18N4O2S2. The van der Waals surface area contributed by atoms with Gasteiger partial charge in [-0.2, -0.15) is 5.10 Å². The highest BCUT2D eigenvalue weighted by atomic mass is 32.1. The maximum atomic E-state index is 12.7. The number of H-pyrrole nitrogens is 1. The van der Waals surface area contributed by atoms with Gasteiger partial charge in [-0.1, -0.05) is 12.1 Å². The van der Waals surface area contributed by atoms with Crippen LogP contribution in [0, 0.1) is 0 Å². The molecule has 0 aliphatic carbocycles. The van der Waals surface area contributed by atoms with E-state index >= 15 is 0 Å². The third kappa shape index (κ3) is 3.62. The number of rotatable bonds is 5. The molecule has 8 heteroatoms. The van der Waals surface area contributed by atoms with E-state index in [0.29, 0.717) is 38.4 Å². The number of aromatic amines is 1. The number of thiophene rings is 2. The molecule has 1 aliphatic heterocycles. The minimum atomic E-state index is -0.0618. The Kier molecular flexibility index (Phi) is 4.96. The van der Waals surface area contributed by atoms with Crippen LogP contribution in [-0.4, -0.2) is 64.4 Å². The number of aromatic nitrogens is 2. The van der Waals surface area contributed by atoms with Crippen molar-refractivity contribution in [1.29, 1.82) is 0 Å². The van der Waals surface area contributed by atoms with E-state index in [1.165, 1.54) is 11.3 Å². The lowest BCUT2D eigenvalue weighted by Crippen LogP contribution is -2.49. The fourth-order valence-corrected chi connectivity index (χ4v) is 4.33. The summed E-state index contributed by atoms with van der Waals surface area (Å²) >= 11 is 3.08. The lowest BCUT2D eigenvalue weighted by atomic mass is 10.2. The number of piperazine rings is 1. The third-order valence-electron chi connectivity index (χ3n) is 4.41. The molecule has 1 N–H and O–H groups in total. The van der Waals surface area contributed by atoms with Gasteiger partial charge in [0, 0.05) is 26.2 Å². The van der Waals surface area contributed by atoms with Crippen LogP contribution in [0.4, 0.5) is 0 Å². The predicted octanol–water partition coefficient (Wildman–Crippen LogP) is 2.84. The Morgan fingerprint density at radius 3 is 2.54 bits per heavy atom. The lowest BCUT2D eigenvalue weighted by molar-refractivity contribution is 0.0619. The SMILES string of the molecule is O=C(CN1CCN(C(=O)c2cc(-c3cccs3)[nH]n2)CC1)c1cccs1. The molecule has 134 valence electrons. The molecule has 1 amide bonds. The van der Waals surface area contributed by atoms with E-state index in [1.54, 1.807) is 22.3 Å². The van der Waals surface area contributed by atoms with Gasteiger partial charge in [-0.25, -0.2) is 0 Å². The van der Waals surface area contributed by atoms with Crippen molar-refractivity contribution in [2.45, 2.75) is 0 Å². The predicted molar refractivity (Wildman–Crippen MR) is 103 cm³/mol. The minimum absolute atomic E-state index is 0.0618. The molecule has 6 nitrogen and oxygen atoms in total. The standard InChI is InChI=1S/C18H18N4O2S2/c23-15(17-4-2-10-26-17)12-21-5-7-22(8-6-21)18(24)14-11-13(19-20-14)16-3-1-9-25-16/h1-4,9-11H,5-8,12H2,(H,19,20). The molecular weight excluding hydrogens is 368 g/mol. The van der Waals surface area contributed by atoms with E-state index in [-0.39, 0.29) is 11.7 Å². The molecule has 0 saturated carbocycles. The van der Waals surface area contributed by atoms with Crippen LogP contribution >= 0.6 is 22.7 Å². The first-order valence-corrected chi connectivity index (χ1v) is 10.1. The first kappa shape index (κ1) is 17.1. The number of nitrogens with one attached hydrogen (secondary N) is 1. The lowest BCUT2D eigenvalue weighted by Gasteiger charge is -2.33. The van der Waals surface area contributed by atoms with E-state index in [0.717, 1.165) is 15.4 Å². The first-order valence-electron chi connectivity index (χ1n) is 8.38. The molecule has 0 unspecified atom stereocenters. The Morgan fingerprint density at radius 2 is 1.85 bits per heavy atom. The normalized spacial score (nSPS) is 15.3. The van der Waals surface area contributed by atoms with E-state index in [2.05, 4.69) is 15.1 Å². The topological polar surface area (TPSA) is 69.3 Å². The largest absolute Gasteiger partial charge is 0.335 e. The second-order valence-corrected chi connectivity index (χ2v) is 8.01. The maximum Gasteiger partial charge on any atom is 0.274 e. The molecule has 3 aromatic rings. The zero-order valence-corrected chi connectivity index (χ0v) is 15.7. The van der Waals surface area contributed by atoms with Crippen molar-refractivity contribution in [2.24, 2.45) is 0 Å². The van der Waals surface area contributed by atoms with Crippen LogP contribution in [0.15, 0.2) is 41.1 Å². The van der Waals surface area contributed by atoms with Crippen LogP contribution in [0.5, 0.6) is 0 Å². The van der Waals surface area contributed by atoms with Gasteiger partial charge in [0.2, 0.25) is 0 Å². The van der Waals surface area contributed by atoms with Crippen molar-refractivity contribution < 1.29 is 9.59 Å². The summed E-state index contributed by atoms with van der Waals surface area (Å²) in [5, 5.41) is 11.0. The molecule has 0 atom stereocenters. The van der Waals surface area contributed by atoms with Crippen molar-refractivity contribution in [2.75, 3.05) is 32.7 Å². The summed E-state index contributed by atoms with van der Waals surface area (Å²) in [6, 6.07) is 9.52. The summed E-state index contributed by atoms with van der Waals surface area (Å²) in [6.07, 6.45) is 0. The average molecular weight is 387 g/mol. The molecule has 1 saturated heterocycles. The van der Waals surface area contributed by atoms with Crippen LogP contribution in [0.3, 0.4) is 0 Å². The van der Waals surface area contributed by atoms with Crippen molar-refractivity contribution in [3.05, 3.63) is 51.7 Å². The van der Waals surface area contributed by atoms with Crippen molar-refractivity contribution in [3.63, 3.8) is 0 Å². The highest BCUT2D eigenvalue weighted by Crippen LogP contribution is 2.23. The maximum absolute atomic E-state index is 12.7. The molecule has 1 fully saturated rings. The monoisotopic (exact) mass is 386 g/mol. The second kappa shape index (κ2) is 7.53. The molecule has 0 aromatic carbocycles. The molecule has 4 heterocycles. The van der Waals surface area contributed by atoms with E-state index < -0.39 is 0 Å². The minimum Gasteiger partial charge on any atom is -0.335 e. The third-order valence-corrected chi connectivity index (χ3v) is 6.22. The van der Waals surface area contributed by atoms with Crippen LogP contribution in [0.2, 0.25) is 0 Å². The zero-order valence-electron chi connectivity index (χ0n) is 14.1. The van der Waals surface area contributed by atoms with Gasteiger partial charge in [0.25, 0.3) is 5.91 Å². The van der Waals surface area contributed by atoms with Gasteiger partial charge in [-0.05, 0) is 29.0 Å². The highest BCUT2D eigenvalue weighted by Gasteiger charge is 2.25. The fraction of sp³-hybridized carbons (Fsp3) is 0.278. The Morgan fingerprint density at radius 1 is 1.08 bits per heavy atom. The van der Waals surface area contributed by atoms with Gasteiger partial charge in [-0.15, -0.1) is 22.7 Å². The number of ketones is 1. The summed E-state index contributed by atoms with van der Waals surface area (Å²) < 4.78 is 0. The first-order chi connectivity index (χ1) is 12.7. The quantitative estimate of drug-likeness (QED) is 0.685. The molecule has 0 radical (unpaired) electrons. The van der Waals surface area contributed by atoms with Gasteiger partial charge in [0.1, 0.15) is 0 Å². The zero-order chi connectivity index (χ0) is 17.9. The van der Waals surface area contributed by atoms with Gasteiger partial charge in [-0.3, -0.25) is 19.6 Å². The summed E-state index contributed by atoms with van der Waals surface area (Å²) in [6.45, 7) is 3.03. The Labute approximate surface area is 159 Å². The Bertz CT molecular complexity index is 878. The summed E-state index contributed by atoms with van der Waals surface area (Å²) in [5.41, 5.74) is 1.31. The second-order valence-electron chi connectivity index (χ2n) is 6.11. The van der Waals surface area contributed by atoms with Crippen LogP contribution < -0.4 is 0 Å². The number of carbonyl (C=O) groups excluding carboxylic acids is 2. The molecule has 0 bridgehead atoms. The molecule has 1 aliphatic rings. The van der Waals surface area contributed by atoms with E-state index in [9.17, 15) is 9.59 Å². The smallest absolute Gasteiger partial charge is 0.274 e. The number of Topliss-reactive ketones (excluding diaryl/α,β-unsaturated/α-hetero) is 1. The van der Waals surface area contributed by atoms with Gasteiger partial charge in [0.05, 0.1) is 22.0 Å². The Hall–Kier alpha value is -2.29. The van der Waals surface area contributed by atoms with Gasteiger partial charge < -0.3 is 4.90 Å². The molecule has 0 spiro atoms. The van der Waals surface area contributed by atoms with Gasteiger partial charge >= 0.3 is 0 Å². The van der Waals surface area contributed by atoms with Crippen LogP contribution in [0.25, 0.3) is 10.6 Å². The highest BCUT2D eigenvalue weighted by molar-refractivity contribution is 7.13.